The molecule has 0 unspecified atom stereocenters. The van der Waals surface area contributed by atoms with Gasteiger partial charge in [0.05, 0.1) is 11.2 Å². The molecule has 0 saturated heterocycles. The first-order valence-electron chi connectivity index (χ1n) is 7.07. The number of nitrogen functional groups attached to an aromatic ring is 1. The van der Waals surface area contributed by atoms with E-state index in [4.69, 9.17) is 10.8 Å². The van der Waals surface area contributed by atoms with Gasteiger partial charge in [-0.3, -0.25) is 10.8 Å². The molecule has 0 atom stereocenters. The van der Waals surface area contributed by atoms with Gasteiger partial charge >= 0.3 is 0 Å². The lowest BCUT2D eigenvalue weighted by atomic mass is 9.99. The Bertz CT molecular complexity index is 613. The third kappa shape index (κ3) is 2.19. The zero-order chi connectivity index (χ0) is 13.4. The van der Waals surface area contributed by atoms with E-state index < -0.39 is 0 Å². The summed E-state index contributed by atoms with van der Waals surface area (Å²) in [5.74, 6) is 6.31. The Kier molecular flexibility index (Phi) is 3.15. The van der Waals surface area contributed by atoms with E-state index in [-0.39, 0.29) is 0 Å². The van der Waals surface area contributed by atoms with Gasteiger partial charge in [-0.15, -0.1) is 0 Å². The Morgan fingerprint density at radius 2 is 1.89 bits per heavy atom. The van der Waals surface area contributed by atoms with Crippen LogP contribution in [0.15, 0.2) is 18.2 Å². The zero-order valence-electron chi connectivity index (χ0n) is 11.7. The Labute approximate surface area is 114 Å². The molecule has 0 radical (unpaired) electrons. The average molecular weight is 255 g/mol. The van der Waals surface area contributed by atoms with E-state index in [2.05, 4.69) is 37.5 Å². The lowest BCUT2D eigenvalue weighted by molar-refractivity contribution is 0.701. The number of fused-ring (bicyclic) bond motifs is 1. The molecule has 1 aromatic heterocycles. The van der Waals surface area contributed by atoms with E-state index >= 15 is 0 Å². The Morgan fingerprint density at radius 1 is 1.16 bits per heavy atom. The fraction of sp³-hybridized carbons (Fsp3) is 0.438. The van der Waals surface area contributed by atoms with Gasteiger partial charge in [0.15, 0.2) is 0 Å². The van der Waals surface area contributed by atoms with Gasteiger partial charge in [0.2, 0.25) is 0 Å². The van der Waals surface area contributed by atoms with Crippen LogP contribution in [0.5, 0.6) is 0 Å². The van der Waals surface area contributed by atoms with Crippen LogP contribution in [0.1, 0.15) is 48.4 Å². The van der Waals surface area contributed by atoms with Gasteiger partial charge in [0.1, 0.15) is 0 Å². The van der Waals surface area contributed by atoms with Crippen LogP contribution in [0.25, 0.3) is 10.9 Å². The van der Waals surface area contributed by atoms with Crippen LogP contribution < -0.4 is 11.3 Å². The van der Waals surface area contributed by atoms with Crippen LogP contribution in [0.4, 0.5) is 5.69 Å². The molecule has 1 heterocycles. The van der Waals surface area contributed by atoms with Gasteiger partial charge in [0.25, 0.3) is 0 Å². The molecule has 1 aliphatic carbocycles. The monoisotopic (exact) mass is 255 g/mol. The summed E-state index contributed by atoms with van der Waals surface area (Å²) in [4.78, 5) is 4.91. The van der Waals surface area contributed by atoms with Crippen LogP contribution in [-0.2, 0) is 0 Å². The van der Waals surface area contributed by atoms with Crippen LogP contribution in [0.3, 0.4) is 0 Å². The molecule has 1 saturated carbocycles. The quantitative estimate of drug-likeness (QED) is 0.634. The Morgan fingerprint density at radius 3 is 2.58 bits per heavy atom. The molecule has 1 aliphatic rings. The predicted molar refractivity (Wildman–Crippen MR) is 80.2 cm³/mol. The second kappa shape index (κ2) is 4.82. The van der Waals surface area contributed by atoms with E-state index in [1.165, 1.54) is 42.5 Å². The van der Waals surface area contributed by atoms with E-state index in [1.807, 2.05) is 0 Å². The number of hydrogen-bond acceptors (Lipinski definition) is 3. The SMILES string of the molecule is Cc1cc(C)c2nc(C3CCCC3)cc(NN)c2c1. The predicted octanol–water partition coefficient (Wildman–Crippen LogP) is 3.79. The largest absolute Gasteiger partial charge is 0.323 e. The summed E-state index contributed by atoms with van der Waals surface area (Å²) in [6, 6.07) is 6.48. The molecule has 0 aliphatic heterocycles. The minimum absolute atomic E-state index is 0.609. The van der Waals surface area contributed by atoms with Crippen molar-refractivity contribution in [1.82, 2.24) is 4.98 Å². The highest BCUT2D eigenvalue weighted by atomic mass is 15.2. The van der Waals surface area contributed by atoms with Gasteiger partial charge in [-0.25, -0.2) is 0 Å². The molecule has 100 valence electrons. The Balaban J connectivity index is 2.21. The number of nitrogens with one attached hydrogen (secondary N) is 1. The van der Waals surface area contributed by atoms with Gasteiger partial charge < -0.3 is 5.43 Å². The molecule has 0 spiro atoms. The zero-order valence-corrected chi connectivity index (χ0v) is 11.7. The second-order valence-corrected chi connectivity index (χ2v) is 5.70. The average Bonchev–Trinajstić information content (AvgIpc) is 2.91. The maximum atomic E-state index is 5.71. The first-order valence-corrected chi connectivity index (χ1v) is 7.07. The van der Waals surface area contributed by atoms with Crippen molar-refractivity contribution in [1.29, 1.82) is 0 Å². The normalized spacial score (nSPS) is 16.2. The lowest BCUT2D eigenvalue weighted by Crippen LogP contribution is -2.09. The summed E-state index contributed by atoms with van der Waals surface area (Å²) in [5.41, 5.74) is 8.61. The highest BCUT2D eigenvalue weighted by molar-refractivity contribution is 5.93. The number of benzene rings is 1. The van der Waals surface area contributed by atoms with Gasteiger partial charge in [-0.1, -0.05) is 24.5 Å². The highest BCUT2D eigenvalue weighted by Gasteiger charge is 2.20. The number of aryl methyl sites for hydroxylation is 2. The molecule has 1 fully saturated rings. The molecule has 2 aromatic rings. The topological polar surface area (TPSA) is 50.9 Å². The molecule has 3 rings (SSSR count). The van der Waals surface area contributed by atoms with Crippen molar-refractivity contribution < 1.29 is 0 Å². The molecule has 19 heavy (non-hydrogen) atoms. The summed E-state index contributed by atoms with van der Waals surface area (Å²) in [6.45, 7) is 4.23. The van der Waals surface area contributed by atoms with Crippen molar-refractivity contribution in [2.45, 2.75) is 45.4 Å². The standard InChI is InChI=1S/C16H21N3/c1-10-7-11(2)16-13(8-10)15(19-17)9-14(18-16)12-5-3-4-6-12/h7-9,12H,3-6,17H2,1-2H3,(H,18,19). The molecule has 0 bridgehead atoms. The fourth-order valence-corrected chi connectivity index (χ4v) is 3.25. The minimum Gasteiger partial charge on any atom is -0.323 e. The second-order valence-electron chi connectivity index (χ2n) is 5.70. The molecular weight excluding hydrogens is 234 g/mol. The summed E-state index contributed by atoms with van der Waals surface area (Å²) in [7, 11) is 0. The van der Waals surface area contributed by atoms with Crippen molar-refractivity contribution in [2.24, 2.45) is 5.84 Å². The first kappa shape index (κ1) is 12.4. The fourth-order valence-electron chi connectivity index (χ4n) is 3.25. The van der Waals surface area contributed by atoms with Crippen molar-refractivity contribution in [2.75, 3.05) is 5.43 Å². The number of nitrogens with two attached hydrogens (primary N) is 1. The molecular formula is C16H21N3. The number of rotatable bonds is 2. The van der Waals surface area contributed by atoms with Crippen LogP contribution in [-0.4, -0.2) is 4.98 Å². The van der Waals surface area contributed by atoms with Crippen molar-refractivity contribution in [3.63, 3.8) is 0 Å². The number of anilines is 1. The maximum Gasteiger partial charge on any atom is 0.0756 e. The smallest absolute Gasteiger partial charge is 0.0756 e. The van der Waals surface area contributed by atoms with Crippen LogP contribution in [0.2, 0.25) is 0 Å². The number of nitrogens with zero attached hydrogens (tertiary/aromatic N) is 1. The van der Waals surface area contributed by atoms with E-state index in [0.717, 1.165) is 16.6 Å². The molecule has 3 heteroatoms. The van der Waals surface area contributed by atoms with Crippen LogP contribution in [0, 0.1) is 13.8 Å². The van der Waals surface area contributed by atoms with Crippen molar-refractivity contribution >= 4 is 16.6 Å². The third-order valence-corrected chi connectivity index (χ3v) is 4.20. The summed E-state index contributed by atoms with van der Waals surface area (Å²) >= 11 is 0. The summed E-state index contributed by atoms with van der Waals surface area (Å²) in [5, 5.41) is 1.13. The van der Waals surface area contributed by atoms with Crippen molar-refractivity contribution in [3.05, 3.63) is 35.0 Å². The molecule has 3 N–H and O–H groups in total. The van der Waals surface area contributed by atoms with Gasteiger partial charge in [-0.2, -0.15) is 0 Å². The molecule has 0 amide bonds. The van der Waals surface area contributed by atoms with E-state index in [9.17, 15) is 0 Å². The van der Waals surface area contributed by atoms with Gasteiger partial charge in [0, 0.05) is 17.0 Å². The number of hydrazine groups is 1. The first-order chi connectivity index (χ1) is 9.19. The lowest BCUT2D eigenvalue weighted by Gasteiger charge is -2.15. The number of aromatic nitrogens is 1. The van der Waals surface area contributed by atoms with E-state index in [1.54, 1.807) is 0 Å². The van der Waals surface area contributed by atoms with Gasteiger partial charge in [-0.05, 0) is 44.4 Å². The van der Waals surface area contributed by atoms with Crippen molar-refractivity contribution in [3.8, 4) is 0 Å². The number of pyridine rings is 1. The van der Waals surface area contributed by atoms with E-state index in [0.29, 0.717) is 5.92 Å². The number of hydrogen-bond donors (Lipinski definition) is 2. The summed E-state index contributed by atoms with van der Waals surface area (Å²) < 4.78 is 0. The Hall–Kier alpha value is -1.61. The van der Waals surface area contributed by atoms with Crippen LogP contribution >= 0.6 is 0 Å². The molecule has 1 aromatic carbocycles. The molecule has 3 nitrogen and oxygen atoms in total. The summed E-state index contributed by atoms with van der Waals surface area (Å²) in [6.07, 6.45) is 5.16. The maximum absolute atomic E-state index is 5.71. The third-order valence-electron chi connectivity index (χ3n) is 4.20. The minimum atomic E-state index is 0.609. The highest BCUT2D eigenvalue weighted by Crippen LogP contribution is 2.36.